The number of aromatic nitrogens is 1. The van der Waals surface area contributed by atoms with Crippen LogP contribution in [0, 0.1) is 17.7 Å². The lowest BCUT2D eigenvalue weighted by Gasteiger charge is -2.29. The first-order chi connectivity index (χ1) is 17.9. The predicted molar refractivity (Wildman–Crippen MR) is 137 cm³/mol. The number of carbonyl (C=O) groups excluding carboxylic acids is 3. The zero-order chi connectivity index (χ0) is 25.5. The zero-order valence-corrected chi connectivity index (χ0v) is 20.1. The standard InChI is InChI=1S/C28H20ClFN4O3/c29-19-6-3-5-18-24(19)32-27(37)28(18)23-22(25(35)34(26(23)36)16-10-8-15(30)9-11-16)21(33-28)12-14-13-31-20-7-2-1-4-17(14)20/h1-11,13,21-23,31,33H,12H2,(H,32,37)/t21-,22-,23+,28+/m1/s1. The second kappa shape index (κ2) is 7.74. The Morgan fingerprint density at radius 2 is 1.73 bits per heavy atom. The topological polar surface area (TPSA) is 94.3 Å². The maximum absolute atomic E-state index is 14.0. The molecule has 0 unspecified atom stereocenters. The normalized spacial score (nSPS) is 26.3. The van der Waals surface area contributed by atoms with Crippen LogP contribution in [0.4, 0.5) is 15.8 Å². The van der Waals surface area contributed by atoms with Crippen molar-refractivity contribution in [2.24, 2.45) is 11.8 Å². The molecule has 1 aromatic heterocycles. The van der Waals surface area contributed by atoms with Gasteiger partial charge in [0.2, 0.25) is 17.7 Å². The Hall–Kier alpha value is -4.01. The Labute approximate surface area is 215 Å². The quantitative estimate of drug-likeness (QED) is 0.358. The van der Waals surface area contributed by atoms with Gasteiger partial charge in [0, 0.05) is 28.7 Å². The molecule has 184 valence electrons. The molecule has 7 rings (SSSR count). The third kappa shape index (κ3) is 2.94. The second-order valence-electron chi connectivity index (χ2n) is 9.73. The molecule has 37 heavy (non-hydrogen) atoms. The van der Waals surface area contributed by atoms with Crippen molar-refractivity contribution in [3.63, 3.8) is 0 Å². The van der Waals surface area contributed by atoms with Crippen LogP contribution in [0.3, 0.4) is 0 Å². The number of fused-ring (bicyclic) bond motifs is 5. The van der Waals surface area contributed by atoms with Crippen LogP contribution in [0.5, 0.6) is 0 Å². The summed E-state index contributed by atoms with van der Waals surface area (Å²) in [4.78, 5) is 45.9. The molecule has 0 radical (unpaired) electrons. The van der Waals surface area contributed by atoms with Gasteiger partial charge < -0.3 is 10.3 Å². The molecule has 3 N–H and O–H groups in total. The van der Waals surface area contributed by atoms with E-state index in [1.54, 1.807) is 18.2 Å². The van der Waals surface area contributed by atoms with Gasteiger partial charge in [0.05, 0.1) is 28.2 Å². The first-order valence-electron chi connectivity index (χ1n) is 12.0. The lowest BCUT2D eigenvalue weighted by atomic mass is 9.76. The number of imide groups is 1. The maximum Gasteiger partial charge on any atom is 0.250 e. The molecule has 3 aliphatic heterocycles. The molecule has 3 amide bonds. The number of H-pyrrole nitrogens is 1. The number of halogens is 2. The summed E-state index contributed by atoms with van der Waals surface area (Å²) >= 11 is 6.42. The summed E-state index contributed by atoms with van der Waals surface area (Å²) in [5.74, 6) is -3.63. The molecule has 3 aromatic carbocycles. The third-order valence-electron chi connectivity index (χ3n) is 7.90. The third-order valence-corrected chi connectivity index (χ3v) is 8.21. The average Bonchev–Trinajstić information content (AvgIpc) is 3.60. The Balaban J connectivity index is 1.39. The number of hydrogen-bond acceptors (Lipinski definition) is 4. The lowest BCUT2D eigenvalue weighted by molar-refractivity contribution is -0.130. The zero-order valence-electron chi connectivity index (χ0n) is 19.3. The van der Waals surface area contributed by atoms with Gasteiger partial charge in [-0.15, -0.1) is 0 Å². The Bertz CT molecular complexity index is 1630. The highest BCUT2D eigenvalue weighted by Gasteiger charge is 2.70. The molecule has 2 fully saturated rings. The van der Waals surface area contributed by atoms with E-state index in [0.29, 0.717) is 22.7 Å². The number of amides is 3. The Kier molecular flexibility index (Phi) is 4.65. The fourth-order valence-corrected chi connectivity index (χ4v) is 6.57. The van der Waals surface area contributed by atoms with Crippen molar-refractivity contribution in [3.05, 3.63) is 94.9 Å². The van der Waals surface area contributed by atoms with Gasteiger partial charge >= 0.3 is 0 Å². The minimum absolute atomic E-state index is 0.275. The SMILES string of the molecule is O=C1[C@H]2[C@@H](C(=O)N1c1ccc(F)cc1)[C@]1(N[C@@H]2Cc2c[nH]c3ccccc23)C(=O)Nc2c(Cl)cccc21. The Morgan fingerprint density at radius 1 is 0.946 bits per heavy atom. The lowest BCUT2D eigenvalue weighted by Crippen LogP contribution is -2.53. The van der Waals surface area contributed by atoms with Crippen molar-refractivity contribution in [2.45, 2.75) is 18.0 Å². The van der Waals surface area contributed by atoms with Crippen LogP contribution in [-0.4, -0.2) is 28.7 Å². The molecule has 3 aliphatic rings. The number of anilines is 2. The van der Waals surface area contributed by atoms with Gasteiger partial charge in [0.1, 0.15) is 11.4 Å². The summed E-state index contributed by atoms with van der Waals surface area (Å²) in [7, 11) is 0. The number of benzene rings is 3. The monoisotopic (exact) mass is 514 g/mol. The number of rotatable bonds is 3. The van der Waals surface area contributed by atoms with E-state index in [1.165, 1.54) is 24.3 Å². The van der Waals surface area contributed by atoms with Crippen LogP contribution in [0.1, 0.15) is 11.1 Å². The van der Waals surface area contributed by atoms with E-state index in [1.807, 2.05) is 30.5 Å². The molecule has 0 aliphatic carbocycles. The molecule has 4 aromatic rings. The van der Waals surface area contributed by atoms with Crippen LogP contribution in [-0.2, 0) is 26.3 Å². The molecule has 2 saturated heterocycles. The van der Waals surface area contributed by atoms with Gasteiger partial charge in [0.25, 0.3) is 0 Å². The molecule has 7 nitrogen and oxygen atoms in total. The van der Waals surface area contributed by atoms with Crippen molar-refractivity contribution in [1.82, 2.24) is 10.3 Å². The second-order valence-corrected chi connectivity index (χ2v) is 10.1. The van der Waals surface area contributed by atoms with Crippen molar-refractivity contribution in [2.75, 3.05) is 10.2 Å². The maximum atomic E-state index is 14.0. The molecular formula is C28H20ClFN4O3. The van der Waals surface area contributed by atoms with E-state index in [2.05, 4.69) is 15.6 Å². The van der Waals surface area contributed by atoms with Gasteiger partial charge in [0.15, 0.2) is 0 Å². The number of aromatic amines is 1. The molecule has 1 spiro atoms. The van der Waals surface area contributed by atoms with Crippen LogP contribution in [0.25, 0.3) is 10.9 Å². The molecule has 4 atom stereocenters. The molecule has 9 heteroatoms. The number of nitrogens with zero attached hydrogens (tertiary/aromatic N) is 1. The summed E-state index contributed by atoms with van der Waals surface area (Å²) in [6, 6.07) is 17.7. The highest BCUT2D eigenvalue weighted by atomic mass is 35.5. The molecule has 0 saturated carbocycles. The highest BCUT2D eigenvalue weighted by Crippen LogP contribution is 2.55. The predicted octanol–water partition coefficient (Wildman–Crippen LogP) is 4.13. The van der Waals surface area contributed by atoms with E-state index in [4.69, 9.17) is 11.6 Å². The average molecular weight is 515 g/mol. The fourth-order valence-electron chi connectivity index (χ4n) is 6.35. The van der Waals surface area contributed by atoms with Gasteiger partial charge in [-0.25, -0.2) is 9.29 Å². The van der Waals surface area contributed by atoms with E-state index >= 15 is 0 Å². The van der Waals surface area contributed by atoms with Crippen molar-refractivity contribution in [1.29, 1.82) is 0 Å². The highest BCUT2D eigenvalue weighted by molar-refractivity contribution is 6.35. The first-order valence-corrected chi connectivity index (χ1v) is 12.3. The first kappa shape index (κ1) is 22.2. The van der Waals surface area contributed by atoms with Gasteiger partial charge in [-0.2, -0.15) is 0 Å². The number of nitrogens with one attached hydrogen (secondary N) is 3. The largest absolute Gasteiger partial charge is 0.361 e. The van der Waals surface area contributed by atoms with Gasteiger partial charge in [-0.05, 0) is 48.4 Å². The molecule has 0 bridgehead atoms. The van der Waals surface area contributed by atoms with Crippen molar-refractivity contribution < 1.29 is 18.8 Å². The van der Waals surface area contributed by atoms with Gasteiger partial charge in [-0.1, -0.05) is 41.9 Å². The minimum Gasteiger partial charge on any atom is -0.361 e. The van der Waals surface area contributed by atoms with E-state index in [9.17, 15) is 18.8 Å². The molecule has 4 heterocycles. The van der Waals surface area contributed by atoms with E-state index < -0.39 is 47.0 Å². The molecular weight excluding hydrogens is 495 g/mol. The van der Waals surface area contributed by atoms with E-state index in [0.717, 1.165) is 21.4 Å². The summed E-state index contributed by atoms with van der Waals surface area (Å²) in [5.41, 5.74) is 1.71. The van der Waals surface area contributed by atoms with Crippen LogP contribution >= 0.6 is 11.6 Å². The van der Waals surface area contributed by atoms with Crippen LogP contribution < -0.4 is 15.5 Å². The number of hydrogen-bond donors (Lipinski definition) is 3. The van der Waals surface area contributed by atoms with Crippen LogP contribution in [0.2, 0.25) is 5.02 Å². The van der Waals surface area contributed by atoms with Crippen molar-refractivity contribution >= 4 is 51.6 Å². The smallest absolute Gasteiger partial charge is 0.250 e. The summed E-state index contributed by atoms with van der Waals surface area (Å²) in [6.07, 6.45) is 2.30. The summed E-state index contributed by atoms with van der Waals surface area (Å²) < 4.78 is 13.6. The van der Waals surface area contributed by atoms with Gasteiger partial charge in [-0.3, -0.25) is 19.7 Å². The summed E-state index contributed by atoms with van der Waals surface area (Å²) in [6.45, 7) is 0. The Morgan fingerprint density at radius 3 is 2.54 bits per heavy atom. The summed E-state index contributed by atoms with van der Waals surface area (Å²) in [5, 5.41) is 7.64. The van der Waals surface area contributed by atoms with E-state index in [-0.39, 0.29) is 5.69 Å². The number of carbonyl (C=O) groups is 3. The minimum atomic E-state index is -1.47. The van der Waals surface area contributed by atoms with Crippen molar-refractivity contribution in [3.8, 4) is 0 Å². The van der Waals surface area contributed by atoms with Crippen LogP contribution in [0.15, 0.2) is 72.9 Å². The number of para-hydroxylation sites is 2. The fraction of sp³-hybridized carbons (Fsp3) is 0.179.